The van der Waals surface area contributed by atoms with Gasteiger partial charge in [0.15, 0.2) is 6.61 Å². The van der Waals surface area contributed by atoms with Crippen molar-refractivity contribution in [2.45, 2.75) is 32.1 Å². The van der Waals surface area contributed by atoms with Crippen molar-refractivity contribution >= 4 is 23.5 Å². The minimum Gasteiger partial charge on any atom is -0.455 e. The summed E-state index contributed by atoms with van der Waals surface area (Å²) in [4.78, 5) is 45.1. The molecule has 0 heterocycles. The maximum atomic E-state index is 11.8. The minimum atomic E-state index is -0.714. The van der Waals surface area contributed by atoms with Gasteiger partial charge in [-0.05, 0) is 24.8 Å². The molecule has 9 heteroatoms. The number of hydrogen-bond acceptors (Lipinski definition) is 6. The summed E-state index contributed by atoms with van der Waals surface area (Å²) in [6.07, 6.45) is 4.53. The molecule has 0 unspecified atom stereocenters. The third-order valence-electron chi connectivity index (χ3n) is 3.93. The fraction of sp³-hybridized carbons (Fsp3) is 0.438. The zero-order chi connectivity index (χ0) is 18.2. The molecule has 1 aromatic rings. The third kappa shape index (κ3) is 5.87. The predicted octanol–water partition coefficient (Wildman–Crippen LogP) is 1.48. The van der Waals surface area contributed by atoms with E-state index in [2.05, 4.69) is 10.9 Å². The lowest BCUT2D eigenvalue weighted by Crippen LogP contribution is -2.43. The standard InChI is InChI=1S/C16H19N3O6/c20-14(10-25-15(21)8-11-4-1-2-5-11)17-18-16(22)12-6-3-7-13(9-12)19(23)24/h3,6-7,9,11H,1-2,4-5,8,10H2,(H,17,20)(H,18,22). The minimum absolute atomic E-state index is 0.0210. The van der Waals surface area contributed by atoms with Gasteiger partial charge in [0, 0.05) is 24.1 Å². The van der Waals surface area contributed by atoms with Gasteiger partial charge in [-0.3, -0.25) is 35.3 Å². The zero-order valence-electron chi connectivity index (χ0n) is 13.5. The highest BCUT2D eigenvalue weighted by Gasteiger charge is 2.20. The van der Waals surface area contributed by atoms with Gasteiger partial charge in [-0.25, -0.2) is 0 Å². The monoisotopic (exact) mass is 349 g/mol. The molecule has 2 amide bonds. The normalized spacial score (nSPS) is 13.9. The number of hydrogen-bond donors (Lipinski definition) is 2. The van der Waals surface area contributed by atoms with Crippen LogP contribution in [0.1, 0.15) is 42.5 Å². The van der Waals surface area contributed by atoms with Gasteiger partial charge in [-0.2, -0.15) is 0 Å². The molecular weight excluding hydrogens is 330 g/mol. The van der Waals surface area contributed by atoms with E-state index < -0.39 is 29.3 Å². The van der Waals surface area contributed by atoms with E-state index in [4.69, 9.17) is 4.74 Å². The highest BCUT2D eigenvalue weighted by Crippen LogP contribution is 2.27. The number of esters is 1. The molecule has 0 radical (unpaired) electrons. The molecule has 0 spiro atoms. The number of benzene rings is 1. The largest absolute Gasteiger partial charge is 0.455 e. The van der Waals surface area contributed by atoms with Crippen molar-refractivity contribution in [1.82, 2.24) is 10.9 Å². The molecule has 0 aliphatic heterocycles. The van der Waals surface area contributed by atoms with Crippen molar-refractivity contribution in [1.29, 1.82) is 0 Å². The number of carbonyl (C=O) groups is 3. The maximum absolute atomic E-state index is 11.8. The average molecular weight is 349 g/mol. The Hall–Kier alpha value is -2.97. The van der Waals surface area contributed by atoms with Crippen molar-refractivity contribution in [3.8, 4) is 0 Å². The zero-order valence-corrected chi connectivity index (χ0v) is 13.5. The first-order valence-electron chi connectivity index (χ1n) is 7.95. The van der Waals surface area contributed by atoms with Gasteiger partial charge in [-0.15, -0.1) is 0 Å². The second-order valence-corrected chi connectivity index (χ2v) is 5.83. The lowest BCUT2D eigenvalue weighted by molar-refractivity contribution is -0.384. The van der Waals surface area contributed by atoms with E-state index in [0.29, 0.717) is 12.3 Å². The summed E-state index contributed by atoms with van der Waals surface area (Å²) in [5, 5.41) is 10.7. The van der Waals surface area contributed by atoms with Crippen LogP contribution >= 0.6 is 0 Å². The number of rotatable bonds is 6. The number of nitro groups is 1. The topological polar surface area (TPSA) is 128 Å². The quantitative estimate of drug-likeness (QED) is 0.455. The molecule has 25 heavy (non-hydrogen) atoms. The molecule has 1 aromatic carbocycles. The molecule has 1 fully saturated rings. The molecule has 2 rings (SSSR count). The Morgan fingerprint density at radius 3 is 2.60 bits per heavy atom. The van der Waals surface area contributed by atoms with Crippen LogP contribution in [-0.2, 0) is 14.3 Å². The van der Waals surface area contributed by atoms with Crippen LogP contribution < -0.4 is 10.9 Å². The molecule has 0 aromatic heterocycles. The Morgan fingerprint density at radius 2 is 1.92 bits per heavy atom. The van der Waals surface area contributed by atoms with E-state index in [9.17, 15) is 24.5 Å². The van der Waals surface area contributed by atoms with Gasteiger partial charge >= 0.3 is 5.97 Å². The second-order valence-electron chi connectivity index (χ2n) is 5.83. The van der Waals surface area contributed by atoms with Gasteiger partial charge in [0.1, 0.15) is 0 Å². The van der Waals surface area contributed by atoms with Gasteiger partial charge in [0.05, 0.1) is 4.92 Å². The number of amides is 2. The lowest BCUT2D eigenvalue weighted by Gasteiger charge is -2.10. The molecule has 134 valence electrons. The van der Waals surface area contributed by atoms with Crippen molar-refractivity contribution in [2.24, 2.45) is 5.92 Å². The third-order valence-corrected chi connectivity index (χ3v) is 3.93. The van der Waals surface area contributed by atoms with E-state index in [1.54, 1.807) is 0 Å². The Balaban J connectivity index is 1.72. The van der Waals surface area contributed by atoms with Crippen molar-refractivity contribution < 1.29 is 24.0 Å². The van der Waals surface area contributed by atoms with Crippen LogP contribution in [0, 0.1) is 16.0 Å². The van der Waals surface area contributed by atoms with Crippen LogP contribution in [0.5, 0.6) is 0 Å². The molecule has 0 atom stereocenters. The highest BCUT2D eigenvalue weighted by atomic mass is 16.6. The van der Waals surface area contributed by atoms with Crippen LogP contribution in [-0.4, -0.2) is 29.3 Å². The first kappa shape index (κ1) is 18.4. The van der Waals surface area contributed by atoms with E-state index in [1.165, 1.54) is 18.2 Å². The molecule has 1 saturated carbocycles. The van der Waals surface area contributed by atoms with Gasteiger partial charge in [0.25, 0.3) is 17.5 Å². The van der Waals surface area contributed by atoms with Crippen LogP contribution in [0.2, 0.25) is 0 Å². The smallest absolute Gasteiger partial charge is 0.306 e. The molecule has 9 nitrogen and oxygen atoms in total. The summed E-state index contributed by atoms with van der Waals surface area (Å²) >= 11 is 0. The Morgan fingerprint density at radius 1 is 1.20 bits per heavy atom. The fourth-order valence-corrected chi connectivity index (χ4v) is 2.65. The molecule has 1 aliphatic rings. The van der Waals surface area contributed by atoms with E-state index >= 15 is 0 Å². The van der Waals surface area contributed by atoms with E-state index in [1.807, 2.05) is 0 Å². The van der Waals surface area contributed by atoms with E-state index in [0.717, 1.165) is 31.7 Å². The number of nitrogens with zero attached hydrogens (tertiary/aromatic N) is 1. The predicted molar refractivity (Wildman–Crippen MR) is 86.2 cm³/mol. The summed E-state index contributed by atoms with van der Waals surface area (Å²) in [6, 6.07) is 5.07. The van der Waals surface area contributed by atoms with Gasteiger partial charge < -0.3 is 4.74 Å². The maximum Gasteiger partial charge on any atom is 0.306 e. The highest BCUT2D eigenvalue weighted by molar-refractivity contribution is 5.96. The van der Waals surface area contributed by atoms with Crippen molar-refractivity contribution in [3.63, 3.8) is 0 Å². The molecule has 0 saturated heterocycles. The lowest BCUT2D eigenvalue weighted by atomic mass is 10.1. The number of ether oxygens (including phenoxy) is 1. The number of carbonyl (C=O) groups excluding carboxylic acids is 3. The van der Waals surface area contributed by atoms with Crippen molar-refractivity contribution in [2.75, 3.05) is 6.61 Å². The summed E-state index contributed by atoms with van der Waals surface area (Å²) in [5.41, 5.74) is 3.99. The number of hydrazine groups is 1. The molecule has 1 aliphatic carbocycles. The first-order chi connectivity index (χ1) is 12.0. The molecular formula is C16H19N3O6. The molecule has 0 bridgehead atoms. The van der Waals surface area contributed by atoms with Gasteiger partial charge in [-0.1, -0.05) is 18.9 Å². The van der Waals surface area contributed by atoms with Gasteiger partial charge in [0.2, 0.25) is 0 Å². The Kier molecular flexibility index (Phi) is 6.44. The number of nitro benzene ring substituents is 1. The summed E-state index contributed by atoms with van der Waals surface area (Å²) in [7, 11) is 0. The van der Waals surface area contributed by atoms with E-state index in [-0.39, 0.29) is 11.3 Å². The summed E-state index contributed by atoms with van der Waals surface area (Å²) < 4.78 is 4.86. The van der Waals surface area contributed by atoms with Crippen LogP contribution in [0.15, 0.2) is 24.3 Å². The SMILES string of the molecule is O=C(COC(=O)CC1CCCC1)NNC(=O)c1cccc([N+](=O)[O-])c1. The summed E-state index contributed by atoms with van der Waals surface area (Å²) in [6.45, 7) is -0.499. The van der Waals surface area contributed by atoms with Crippen LogP contribution in [0.3, 0.4) is 0 Å². The van der Waals surface area contributed by atoms with Crippen LogP contribution in [0.25, 0.3) is 0 Å². The fourth-order valence-electron chi connectivity index (χ4n) is 2.65. The summed E-state index contributed by atoms with van der Waals surface area (Å²) in [5.74, 6) is -1.52. The second kappa shape index (κ2) is 8.76. The first-order valence-corrected chi connectivity index (χ1v) is 7.95. The Bertz CT molecular complexity index is 670. The average Bonchev–Trinajstić information content (AvgIpc) is 3.10. The Labute approximate surface area is 143 Å². The molecule has 2 N–H and O–H groups in total. The number of nitrogens with one attached hydrogen (secondary N) is 2. The number of non-ortho nitro benzene ring substituents is 1. The van der Waals surface area contributed by atoms with Crippen molar-refractivity contribution in [3.05, 3.63) is 39.9 Å². The van der Waals surface area contributed by atoms with Crippen LogP contribution in [0.4, 0.5) is 5.69 Å².